The summed E-state index contributed by atoms with van der Waals surface area (Å²) in [5.74, 6) is 1.86. The van der Waals surface area contributed by atoms with Crippen LogP contribution in [0.15, 0.2) is 84.9 Å². The normalized spacial score (nSPS) is 11.2. The number of para-hydroxylation sites is 1. The summed E-state index contributed by atoms with van der Waals surface area (Å²) in [6.45, 7) is 5.82. The number of nitriles is 1. The van der Waals surface area contributed by atoms with Crippen LogP contribution in [-0.2, 0) is 0 Å². The summed E-state index contributed by atoms with van der Waals surface area (Å²) in [6, 6.07) is 31.6. The predicted octanol–water partition coefficient (Wildman–Crippen LogP) is 7.10. The van der Waals surface area contributed by atoms with E-state index in [2.05, 4.69) is 99.2 Å². The molecule has 0 saturated carbocycles. The van der Waals surface area contributed by atoms with Crippen LogP contribution in [0.2, 0.25) is 0 Å². The van der Waals surface area contributed by atoms with Crippen molar-refractivity contribution in [1.82, 2.24) is 19.5 Å². The number of hydrogen-bond donors (Lipinski definition) is 0. The van der Waals surface area contributed by atoms with Crippen LogP contribution in [0.3, 0.4) is 0 Å². The van der Waals surface area contributed by atoms with Crippen LogP contribution in [0.25, 0.3) is 50.0 Å². The molecule has 0 amide bonds. The molecule has 0 N–H and O–H groups in total. The van der Waals surface area contributed by atoms with Gasteiger partial charge in [-0.25, -0.2) is 15.0 Å². The first-order valence-electron chi connectivity index (χ1n) is 11.9. The fourth-order valence-electron chi connectivity index (χ4n) is 4.87. The molecule has 2 aromatic heterocycles. The fourth-order valence-corrected chi connectivity index (χ4v) is 4.87. The molecule has 4 aromatic carbocycles. The number of rotatable bonds is 3. The average Bonchev–Trinajstić information content (AvgIpc) is 3.22. The summed E-state index contributed by atoms with van der Waals surface area (Å²) in [5.41, 5.74) is 8.06. The van der Waals surface area contributed by atoms with E-state index in [1.807, 2.05) is 32.0 Å². The summed E-state index contributed by atoms with van der Waals surface area (Å²) in [7, 11) is 0. The molecule has 0 radical (unpaired) electrons. The van der Waals surface area contributed by atoms with Crippen molar-refractivity contribution in [3.05, 3.63) is 108 Å². The lowest BCUT2D eigenvalue weighted by atomic mass is 10.0. The third-order valence-electron chi connectivity index (χ3n) is 6.52. The van der Waals surface area contributed by atoms with Gasteiger partial charge in [-0.15, -0.1) is 0 Å². The van der Waals surface area contributed by atoms with Crippen LogP contribution in [0.5, 0.6) is 0 Å². The van der Waals surface area contributed by atoms with Crippen molar-refractivity contribution in [2.24, 2.45) is 0 Å². The van der Waals surface area contributed by atoms with Crippen molar-refractivity contribution >= 4 is 21.8 Å². The van der Waals surface area contributed by atoms with Gasteiger partial charge in [-0.05, 0) is 68.3 Å². The van der Waals surface area contributed by atoms with Crippen LogP contribution < -0.4 is 0 Å². The van der Waals surface area contributed by atoms with Gasteiger partial charge in [0.05, 0.1) is 28.4 Å². The Morgan fingerprint density at radius 1 is 0.667 bits per heavy atom. The van der Waals surface area contributed by atoms with Crippen molar-refractivity contribution in [2.45, 2.75) is 20.8 Å². The summed E-state index contributed by atoms with van der Waals surface area (Å²) in [6.07, 6.45) is 0. The van der Waals surface area contributed by atoms with Gasteiger partial charge in [-0.3, -0.25) is 0 Å². The SMILES string of the molecule is Cc1ccc(-c2ccc3c(c2)c2ccccc2n3-c2ccc(C#N)cc2-c2nc(C)nc(C)n2)cc1. The molecule has 0 aliphatic carbocycles. The summed E-state index contributed by atoms with van der Waals surface area (Å²) < 4.78 is 2.24. The second-order valence-electron chi connectivity index (χ2n) is 9.05. The Kier molecular flexibility index (Phi) is 5.09. The minimum absolute atomic E-state index is 0.562. The number of fused-ring (bicyclic) bond motifs is 3. The molecule has 0 spiro atoms. The van der Waals surface area contributed by atoms with Gasteiger partial charge in [0.2, 0.25) is 0 Å². The van der Waals surface area contributed by atoms with E-state index in [9.17, 15) is 5.26 Å². The lowest BCUT2D eigenvalue weighted by molar-refractivity contribution is 0.926. The van der Waals surface area contributed by atoms with Crippen molar-refractivity contribution in [3.63, 3.8) is 0 Å². The molecule has 6 rings (SSSR count). The Morgan fingerprint density at radius 3 is 2.11 bits per heavy atom. The van der Waals surface area contributed by atoms with E-state index in [1.165, 1.54) is 27.5 Å². The molecule has 0 aliphatic rings. The molecule has 5 nitrogen and oxygen atoms in total. The lowest BCUT2D eigenvalue weighted by Gasteiger charge is -2.14. The van der Waals surface area contributed by atoms with Crippen LogP contribution in [0.1, 0.15) is 22.8 Å². The maximum Gasteiger partial charge on any atom is 0.165 e. The Balaban J connectivity index is 1.66. The maximum absolute atomic E-state index is 9.63. The standard InChI is InChI=1S/C31H23N5/c1-19-8-11-23(12-9-19)24-13-15-29-26(17-24)25-6-4-5-7-28(25)36(29)30-14-10-22(18-32)16-27(30)31-34-20(2)33-21(3)35-31/h4-17H,1-3H3. The largest absolute Gasteiger partial charge is 0.308 e. The average molecular weight is 466 g/mol. The topological polar surface area (TPSA) is 67.4 Å². The Labute approximate surface area is 209 Å². The smallest absolute Gasteiger partial charge is 0.165 e. The molecule has 0 bridgehead atoms. The summed E-state index contributed by atoms with van der Waals surface area (Å²) in [4.78, 5) is 13.6. The van der Waals surface area contributed by atoms with E-state index in [0.717, 1.165) is 22.3 Å². The van der Waals surface area contributed by atoms with Crippen molar-refractivity contribution in [1.29, 1.82) is 5.26 Å². The molecule has 36 heavy (non-hydrogen) atoms. The second-order valence-corrected chi connectivity index (χ2v) is 9.05. The van der Waals surface area contributed by atoms with Gasteiger partial charge < -0.3 is 4.57 Å². The molecule has 0 unspecified atom stereocenters. The Hall–Kier alpha value is -4.82. The molecular formula is C31H23N5. The number of benzene rings is 4. The van der Waals surface area contributed by atoms with E-state index >= 15 is 0 Å². The number of aryl methyl sites for hydroxylation is 3. The molecule has 2 heterocycles. The molecule has 0 aliphatic heterocycles. The van der Waals surface area contributed by atoms with E-state index in [1.54, 1.807) is 0 Å². The molecule has 172 valence electrons. The maximum atomic E-state index is 9.63. The zero-order valence-corrected chi connectivity index (χ0v) is 20.3. The van der Waals surface area contributed by atoms with E-state index in [4.69, 9.17) is 0 Å². The summed E-state index contributed by atoms with van der Waals surface area (Å²) >= 11 is 0. The third-order valence-corrected chi connectivity index (χ3v) is 6.52. The Bertz CT molecular complexity index is 1800. The van der Waals surface area contributed by atoms with E-state index in [-0.39, 0.29) is 0 Å². The number of hydrogen-bond acceptors (Lipinski definition) is 4. The molecule has 0 saturated heterocycles. The first kappa shape index (κ1) is 21.7. The van der Waals surface area contributed by atoms with Gasteiger partial charge in [0.1, 0.15) is 11.6 Å². The van der Waals surface area contributed by atoms with Gasteiger partial charge in [0.15, 0.2) is 5.82 Å². The summed E-state index contributed by atoms with van der Waals surface area (Å²) in [5, 5.41) is 12.0. The Morgan fingerprint density at radius 2 is 1.36 bits per heavy atom. The van der Waals surface area contributed by atoms with Gasteiger partial charge in [-0.1, -0.05) is 54.1 Å². The zero-order chi connectivity index (χ0) is 24.8. The van der Waals surface area contributed by atoms with Crippen molar-refractivity contribution in [2.75, 3.05) is 0 Å². The van der Waals surface area contributed by atoms with Crippen LogP contribution in [0, 0.1) is 32.1 Å². The van der Waals surface area contributed by atoms with Crippen LogP contribution >= 0.6 is 0 Å². The van der Waals surface area contributed by atoms with Crippen molar-refractivity contribution in [3.8, 4) is 34.3 Å². The number of aromatic nitrogens is 4. The highest BCUT2D eigenvalue weighted by Crippen LogP contribution is 2.37. The van der Waals surface area contributed by atoms with Gasteiger partial charge in [-0.2, -0.15) is 5.26 Å². The highest BCUT2D eigenvalue weighted by molar-refractivity contribution is 6.10. The van der Waals surface area contributed by atoms with Gasteiger partial charge >= 0.3 is 0 Å². The highest BCUT2D eigenvalue weighted by Gasteiger charge is 2.18. The lowest BCUT2D eigenvalue weighted by Crippen LogP contribution is -2.03. The highest BCUT2D eigenvalue weighted by atomic mass is 15.0. The predicted molar refractivity (Wildman–Crippen MR) is 144 cm³/mol. The molecule has 5 heteroatoms. The minimum Gasteiger partial charge on any atom is -0.308 e. The first-order valence-corrected chi connectivity index (χ1v) is 11.9. The molecule has 6 aromatic rings. The van der Waals surface area contributed by atoms with E-state index in [0.29, 0.717) is 23.0 Å². The zero-order valence-electron chi connectivity index (χ0n) is 20.3. The molecular weight excluding hydrogens is 442 g/mol. The third kappa shape index (κ3) is 3.60. The van der Waals surface area contributed by atoms with Crippen LogP contribution in [-0.4, -0.2) is 19.5 Å². The quantitative estimate of drug-likeness (QED) is 0.280. The first-order chi connectivity index (χ1) is 17.5. The second kappa shape index (κ2) is 8.44. The van der Waals surface area contributed by atoms with E-state index < -0.39 is 0 Å². The fraction of sp³-hybridized carbons (Fsp3) is 0.0968. The van der Waals surface area contributed by atoms with Crippen molar-refractivity contribution < 1.29 is 0 Å². The van der Waals surface area contributed by atoms with Crippen LogP contribution in [0.4, 0.5) is 0 Å². The van der Waals surface area contributed by atoms with Gasteiger partial charge in [0.25, 0.3) is 0 Å². The molecule has 0 atom stereocenters. The van der Waals surface area contributed by atoms with Gasteiger partial charge in [0, 0.05) is 16.3 Å². The molecule has 0 fully saturated rings. The number of nitrogens with zero attached hydrogens (tertiary/aromatic N) is 5. The monoisotopic (exact) mass is 465 g/mol. The minimum atomic E-state index is 0.562.